The molecule has 0 heterocycles. The zero-order valence-electron chi connectivity index (χ0n) is 7.95. The summed E-state index contributed by atoms with van der Waals surface area (Å²) in [5, 5.41) is 9.70. The van der Waals surface area contributed by atoms with Crippen LogP contribution >= 0.6 is 0 Å². The van der Waals surface area contributed by atoms with Gasteiger partial charge in [-0.05, 0) is 0 Å². The SMILES string of the molecule is Cc1c(C)[c]([Zr])c(C)c(C)c1O. The summed E-state index contributed by atoms with van der Waals surface area (Å²) < 4.78 is 1.38. The van der Waals surface area contributed by atoms with Crippen LogP contribution in [0.1, 0.15) is 22.3 Å². The van der Waals surface area contributed by atoms with Gasteiger partial charge in [-0.2, -0.15) is 0 Å². The fraction of sp³-hybridized carbons (Fsp3) is 0.400. The number of rotatable bonds is 0. The summed E-state index contributed by atoms with van der Waals surface area (Å²) in [6.07, 6.45) is 0. The Morgan fingerprint density at radius 1 is 0.833 bits per heavy atom. The van der Waals surface area contributed by atoms with Crippen LogP contribution in [0.25, 0.3) is 0 Å². The molecule has 0 saturated heterocycles. The molecule has 0 amide bonds. The number of phenols is 1. The first kappa shape index (κ1) is 9.99. The van der Waals surface area contributed by atoms with Crippen LogP contribution in [0.2, 0.25) is 0 Å². The first-order chi connectivity index (χ1) is 5.46. The summed E-state index contributed by atoms with van der Waals surface area (Å²) in [4.78, 5) is 0. The van der Waals surface area contributed by atoms with Gasteiger partial charge in [-0.15, -0.1) is 0 Å². The molecule has 2 heteroatoms. The van der Waals surface area contributed by atoms with Crippen LogP contribution < -0.4 is 3.27 Å². The van der Waals surface area contributed by atoms with Crippen molar-refractivity contribution in [1.82, 2.24) is 0 Å². The first-order valence-electron chi connectivity index (χ1n) is 3.97. The standard InChI is InChI=1S/C10H13O.Zr/c1-6-5-7(2)9(4)10(11)8(6)3;/h11H,1-4H3;. The molecule has 1 N–H and O–H groups in total. The Morgan fingerprint density at radius 3 is 1.50 bits per heavy atom. The molecular weight excluding hydrogens is 227 g/mol. The monoisotopic (exact) mass is 239 g/mol. The molecule has 0 aliphatic heterocycles. The minimum atomic E-state index is 0.469. The van der Waals surface area contributed by atoms with Gasteiger partial charge in [0.15, 0.2) is 0 Å². The van der Waals surface area contributed by atoms with Crippen molar-refractivity contribution >= 4 is 3.27 Å². The molecular formula is C10H13OZr. The molecule has 1 aromatic carbocycles. The fourth-order valence-corrected chi connectivity index (χ4v) is 2.21. The topological polar surface area (TPSA) is 20.2 Å². The maximum absolute atomic E-state index is 9.70. The summed E-state index contributed by atoms with van der Waals surface area (Å²) in [6.45, 7) is 8.10. The summed E-state index contributed by atoms with van der Waals surface area (Å²) >= 11 is 1.43. The first-order valence-corrected chi connectivity index (χ1v) is 5.20. The molecule has 63 valence electrons. The van der Waals surface area contributed by atoms with Gasteiger partial charge in [0.1, 0.15) is 0 Å². The van der Waals surface area contributed by atoms with Gasteiger partial charge in [-0.3, -0.25) is 0 Å². The van der Waals surface area contributed by atoms with Crippen LogP contribution in [0, 0.1) is 27.7 Å². The Kier molecular flexibility index (Phi) is 2.78. The molecule has 0 fully saturated rings. The van der Waals surface area contributed by atoms with Gasteiger partial charge in [-0.1, -0.05) is 0 Å². The Labute approximate surface area is 88.7 Å². The van der Waals surface area contributed by atoms with Gasteiger partial charge in [0.2, 0.25) is 0 Å². The summed E-state index contributed by atoms with van der Waals surface area (Å²) in [5.41, 5.74) is 4.55. The second-order valence-corrected chi connectivity index (χ2v) is 4.45. The molecule has 0 bridgehead atoms. The van der Waals surface area contributed by atoms with E-state index in [4.69, 9.17) is 0 Å². The van der Waals surface area contributed by atoms with Crippen LogP contribution in [0.5, 0.6) is 5.75 Å². The summed E-state index contributed by atoms with van der Waals surface area (Å²) in [5.74, 6) is 0.469. The van der Waals surface area contributed by atoms with Gasteiger partial charge >= 0.3 is 88.8 Å². The third-order valence-electron chi connectivity index (χ3n) is 2.59. The number of benzene rings is 1. The number of hydrogen-bond acceptors (Lipinski definition) is 1. The van der Waals surface area contributed by atoms with Crippen LogP contribution in [-0.2, 0) is 24.7 Å². The molecule has 0 unspecified atom stereocenters. The molecule has 0 radical (unpaired) electrons. The van der Waals surface area contributed by atoms with E-state index in [1.165, 1.54) is 39.1 Å². The second-order valence-electron chi connectivity index (χ2n) is 3.22. The van der Waals surface area contributed by atoms with Gasteiger partial charge in [0.05, 0.1) is 0 Å². The van der Waals surface area contributed by atoms with E-state index in [0.717, 1.165) is 11.1 Å². The van der Waals surface area contributed by atoms with Crippen LogP contribution in [0.3, 0.4) is 0 Å². The van der Waals surface area contributed by atoms with E-state index < -0.39 is 0 Å². The van der Waals surface area contributed by atoms with Crippen molar-refractivity contribution in [2.45, 2.75) is 27.7 Å². The molecule has 0 atom stereocenters. The molecule has 0 spiro atoms. The zero-order chi connectivity index (χ0) is 9.46. The van der Waals surface area contributed by atoms with E-state index in [1.807, 2.05) is 13.8 Å². The van der Waals surface area contributed by atoms with Gasteiger partial charge in [0.25, 0.3) is 0 Å². The molecule has 12 heavy (non-hydrogen) atoms. The predicted octanol–water partition coefficient (Wildman–Crippen LogP) is 1.80. The normalized spacial score (nSPS) is 10.2. The van der Waals surface area contributed by atoms with Gasteiger partial charge < -0.3 is 0 Å². The Balaban J connectivity index is 3.60. The number of hydrogen-bond donors (Lipinski definition) is 1. The van der Waals surface area contributed by atoms with Gasteiger partial charge in [0, 0.05) is 0 Å². The van der Waals surface area contributed by atoms with Crippen molar-refractivity contribution in [3.63, 3.8) is 0 Å². The van der Waals surface area contributed by atoms with E-state index in [2.05, 4.69) is 13.8 Å². The van der Waals surface area contributed by atoms with Crippen molar-refractivity contribution in [2.75, 3.05) is 0 Å². The zero-order valence-corrected chi connectivity index (χ0v) is 10.4. The van der Waals surface area contributed by atoms with E-state index in [-0.39, 0.29) is 0 Å². The van der Waals surface area contributed by atoms with Crippen molar-refractivity contribution in [3.05, 3.63) is 22.3 Å². The average Bonchev–Trinajstić information content (AvgIpc) is 2.08. The third kappa shape index (κ3) is 1.37. The molecule has 1 rings (SSSR count). The average molecular weight is 240 g/mol. The Bertz CT molecular complexity index is 224. The van der Waals surface area contributed by atoms with E-state index in [1.54, 1.807) is 0 Å². The quantitative estimate of drug-likeness (QED) is 0.733. The molecule has 1 aromatic rings. The molecule has 0 saturated carbocycles. The number of aromatic hydroxyl groups is 1. The van der Waals surface area contributed by atoms with Crippen LogP contribution in [-0.4, -0.2) is 5.11 Å². The van der Waals surface area contributed by atoms with Crippen molar-refractivity contribution in [2.24, 2.45) is 0 Å². The van der Waals surface area contributed by atoms with Crippen LogP contribution in [0.15, 0.2) is 0 Å². The minimum absolute atomic E-state index is 0.469. The Morgan fingerprint density at radius 2 is 1.17 bits per heavy atom. The molecule has 0 aliphatic rings. The molecule has 0 aromatic heterocycles. The summed E-state index contributed by atoms with van der Waals surface area (Å²) in [7, 11) is 0. The maximum atomic E-state index is 9.70. The van der Waals surface area contributed by atoms with E-state index in [0.29, 0.717) is 5.75 Å². The van der Waals surface area contributed by atoms with E-state index >= 15 is 0 Å². The van der Waals surface area contributed by atoms with Crippen molar-refractivity contribution < 1.29 is 29.8 Å². The van der Waals surface area contributed by atoms with Crippen LogP contribution in [0.4, 0.5) is 0 Å². The third-order valence-corrected chi connectivity index (χ3v) is 4.43. The number of phenolic OH excluding ortho intramolecular Hbond substituents is 1. The molecule has 1 nitrogen and oxygen atoms in total. The van der Waals surface area contributed by atoms with Crippen molar-refractivity contribution in [1.29, 1.82) is 0 Å². The predicted molar refractivity (Wildman–Crippen MR) is 46.7 cm³/mol. The summed E-state index contributed by atoms with van der Waals surface area (Å²) in [6, 6.07) is 0. The van der Waals surface area contributed by atoms with E-state index in [9.17, 15) is 5.11 Å². The second kappa shape index (κ2) is 3.34. The van der Waals surface area contributed by atoms with Gasteiger partial charge in [-0.25, -0.2) is 0 Å². The van der Waals surface area contributed by atoms with Crippen molar-refractivity contribution in [3.8, 4) is 5.75 Å². The fourth-order valence-electron chi connectivity index (χ4n) is 1.29. The molecule has 0 aliphatic carbocycles. The Hall–Kier alpha value is -0.0969.